The first kappa shape index (κ1) is 11.6. The van der Waals surface area contributed by atoms with Gasteiger partial charge in [-0.15, -0.1) is 0 Å². The van der Waals surface area contributed by atoms with Crippen LogP contribution in [0.25, 0.3) is 0 Å². The van der Waals surface area contributed by atoms with Gasteiger partial charge < -0.3 is 16.4 Å². The van der Waals surface area contributed by atoms with Crippen molar-refractivity contribution in [3.63, 3.8) is 0 Å². The second-order valence-corrected chi connectivity index (χ2v) is 4.18. The van der Waals surface area contributed by atoms with E-state index in [4.69, 9.17) is 5.73 Å². The minimum atomic E-state index is 0.211. The molecular formula is C10H14N6S. The summed E-state index contributed by atoms with van der Waals surface area (Å²) in [5.41, 5.74) is 6.86. The molecule has 0 bridgehead atoms. The van der Waals surface area contributed by atoms with Crippen molar-refractivity contribution in [2.45, 2.75) is 6.42 Å². The van der Waals surface area contributed by atoms with Crippen molar-refractivity contribution in [1.82, 2.24) is 15.0 Å². The smallest absolute Gasteiger partial charge is 0.229 e. The van der Waals surface area contributed by atoms with Crippen LogP contribution >= 0.6 is 11.3 Å². The summed E-state index contributed by atoms with van der Waals surface area (Å²) in [5.74, 6) is 1.18. The number of nitrogens with one attached hydrogen (secondary N) is 2. The summed E-state index contributed by atoms with van der Waals surface area (Å²) in [5, 5.41) is 10.1. The van der Waals surface area contributed by atoms with Crippen molar-refractivity contribution in [2.24, 2.45) is 0 Å². The summed E-state index contributed by atoms with van der Waals surface area (Å²) in [7, 11) is 1.74. The number of nitrogen functional groups attached to an aromatic ring is 1. The average Bonchev–Trinajstić information content (AvgIpc) is 2.81. The lowest BCUT2D eigenvalue weighted by molar-refractivity contribution is 0.972. The van der Waals surface area contributed by atoms with Gasteiger partial charge in [0.2, 0.25) is 17.8 Å². The van der Waals surface area contributed by atoms with Crippen LogP contribution in [0.2, 0.25) is 0 Å². The Morgan fingerprint density at radius 3 is 2.82 bits per heavy atom. The van der Waals surface area contributed by atoms with Gasteiger partial charge in [0.15, 0.2) is 0 Å². The number of rotatable bonds is 5. The van der Waals surface area contributed by atoms with Crippen molar-refractivity contribution in [3.05, 3.63) is 22.4 Å². The molecular weight excluding hydrogens is 236 g/mol. The first-order chi connectivity index (χ1) is 8.28. The summed E-state index contributed by atoms with van der Waals surface area (Å²) in [4.78, 5) is 12.1. The van der Waals surface area contributed by atoms with Crippen molar-refractivity contribution in [1.29, 1.82) is 0 Å². The second kappa shape index (κ2) is 5.44. The van der Waals surface area contributed by atoms with E-state index in [9.17, 15) is 0 Å². The first-order valence-electron chi connectivity index (χ1n) is 5.22. The summed E-state index contributed by atoms with van der Waals surface area (Å²) < 4.78 is 0. The Balaban J connectivity index is 1.92. The lowest BCUT2D eigenvalue weighted by atomic mass is 10.2. The van der Waals surface area contributed by atoms with Crippen LogP contribution in [0.4, 0.5) is 17.8 Å². The highest BCUT2D eigenvalue weighted by atomic mass is 32.1. The molecule has 90 valence electrons. The summed E-state index contributed by atoms with van der Waals surface area (Å²) in [6, 6.07) is 2.10. The minimum absolute atomic E-state index is 0.211. The van der Waals surface area contributed by atoms with Crippen LogP contribution in [0.15, 0.2) is 16.8 Å². The maximum Gasteiger partial charge on any atom is 0.229 e. The van der Waals surface area contributed by atoms with Crippen LogP contribution in [-0.4, -0.2) is 28.5 Å². The van der Waals surface area contributed by atoms with Crippen LogP contribution in [0.5, 0.6) is 0 Å². The Morgan fingerprint density at radius 2 is 2.12 bits per heavy atom. The average molecular weight is 250 g/mol. The number of nitrogens with zero attached hydrogens (tertiary/aromatic N) is 3. The molecule has 0 atom stereocenters. The fraction of sp³-hybridized carbons (Fsp3) is 0.300. The third-order valence-corrected chi connectivity index (χ3v) is 2.89. The van der Waals surface area contributed by atoms with Crippen molar-refractivity contribution in [3.8, 4) is 0 Å². The Hall–Kier alpha value is -1.89. The topological polar surface area (TPSA) is 88.8 Å². The van der Waals surface area contributed by atoms with E-state index >= 15 is 0 Å². The number of nitrogens with two attached hydrogens (primary N) is 1. The van der Waals surface area contributed by atoms with Gasteiger partial charge in [0.25, 0.3) is 0 Å². The summed E-state index contributed by atoms with van der Waals surface area (Å²) >= 11 is 1.70. The number of anilines is 3. The minimum Gasteiger partial charge on any atom is -0.368 e. The Labute approximate surface area is 103 Å². The van der Waals surface area contributed by atoms with Gasteiger partial charge in [-0.2, -0.15) is 26.3 Å². The second-order valence-electron chi connectivity index (χ2n) is 3.40. The van der Waals surface area contributed by atoms with Gasteiger partial charge in [-0.25, -0.2) is 0 Å². The van der Waals surface area contributed by atoms with Crippen molar-refractivity contribution < 1.29 is 0 Å². The SMILES string of the molecule is CNc1nc(N)nc(NCCc2ccsc2)n1. The highest BCUT2D eigenvalue weighted by Crippen LogP contribution is 2.08. The van der Waals surface area contributed by atoms with Crippen LogP contribution in [0.3, 0.4) is 0 Å². The Morgan fingerprint density at radius 1 is 1.29 bits per heavy atom. The molecule has 0 aliphatic carbocycles. The molecule has 0 aromatic carbocycles. The zero-order valence-electron chi connectivity index (χ0n) is 9.47. The molecule has 4 N–H and O–H groups in total. The molecule has 2 aromatic rings. The maximum atomic E-state index is 5.56. The third kappa shape index (κ3) is 3.28. The Kier molecular flexibility index (Phi) is 3.71. The number of aromatic nitrogens is 3. The highest BCUT2D eigenvalue weighted by Gasteiger charge is 2.02. The quantitative estimate of drug-likeness (QED) is 0.739. The standard InChI is InChI=1S/C10H14N6S/c1-12-9-14-8(11)15-10(16-9)13-4-2-7-3-5-17-6-7/h3,5-6H,2,4H2,1H3,(H4,11,12,13,14,15,16). The van der Waals surface area contributed by atoms with Gasteiger partial charge in [0.05, 0.1) is 0 Å². The van der Waals surface area contributed by atoms with E-state index in [2.05, 4.69) is 42.4 Å². The van der Waals surface area contributed by atoms with E-state index in [-0.39, 0.29) is 5.95 Å². The molecule has 0 amide bonds. The fourth-order valence-corrected chi connectivity index (χ4v) is 2.04. The molecule has 0 unspecified atom stereocenters. The van der Waals surface area contributed by atoms with Gasteiger partial charge in [-0.1, -0.05) is 0 Å². The predicted molar refractivity (Wildman–Crippen MR) is 70.3 cm³/mol. The predicted octanol–water partition coefficient (Wildman–Crippen LogP) is 1.21. The van der Waals surface area contributed by atoms with Crippen LogP contribution in [0.1, 0.15) is 5.56 Å². The molecule has 2 rings (SSSR count). The summed E-state index contributed by atoms with van der Waals surface area (Å²) in [6.07, 6.45) is 0.934. The zero-order valence-corrected chi connectivity index (χ0v) is 10.3. The van der Waals surface area contributed by atoms with E-state index < -0.39 is 0 Å². The summed E-state index contributed by atoms with van der Waals surface area (Å²) in [6.45, 7) is 0.767. The molecule has 2 aromatic heterocycles. The normalized spacial score (nSPS) is 10.2. The molecule has 17 heavy (non-hydrogen) atoms. The van der Waals surface area contributed by atoms with E-state index in [0.717, 1.165) is 13.0 Å². The molecule has 0 aliphatic rings. The lowest BCUT2D eigenvalue weighted by Crippen LogP contribution is -2.11. The lowest BCUT2D eigenvalue weighted by Gasteiger charge is -2.06. The monoisotopic (exact) mass is 250 g/mol. The molecule has 7 heteroatoms. The highest BCUT2D eigenvalue weighted by molar-refractivity contribution is 7.07. The Bertz CT molecular complexity index is 470. The molecule has 0 saturated heterocycles. The van der Waals surface area contributed by atoms with Crippen LogP contribution in [-0.2, 0) is 6.42 Å². The van der Waals surface area contributed by atoms with E-state index in [1.807, 2.05) is 0 Å². The van der Waals surface area contributed by atoms with E-state index in [1.165, 1.54) is 5.56 Å². The zero-order chi connectivity index (χ0) is 12.1. The first-order valence-corrected chi connectivity index (χ1v) is 6.16. The molecule has 6 nitrogen and oxygen atoms in total. The number of hydrogen-bond donors (Lipinski definition) is 3. The van der Waals surface area contributed by atoms with Gasteiger partial charge in [-0.3, -0.25) is 0 Å². The maximum absolute atomic E-state index is 5.56. The fourth-order valence-electron chi connectivity index (χ4n) is 1.34. The molecule has 2 heterocycles. The molecule has 0 aliphatic heterocycles. The largest absolute Gasteiger partial charge is 0.368 e. The molecule has 0 fully saturated rings. The van der Waals surface area contributed by atoms with Crippen molar-refractivity contribution >= 4 is 29.2 Å². The molecule has 0 radical (unpaired) electrons. The van der Waals surface area contributed by atoms with Gasteiger partial charge in [0, 0.05) is 13.6 Å². The van der Waals surface area contributed by atoms with Gasteiger partial charge in [0.1, 0.15) is 0 Å². The number of thiophene rings is 1. The number of hydrogen-bond acceptors (Lipinski definition) is 7. The van der Waals surface area contributed by atoms with E-state index in [0.29, 0.717) is 11.9 Å². The third-order valence-electron chi connectivity index (χ3n) is 2.15. The van der Waals surface area contributed by atoms with Gasteiger partial charge >= 0.3 is 0 Å². The van der Waals surface area contributed by atoms with Crippen LogP contribution in [0, 0.1) is 0 Å². The van der Waals surface area contributed by atoms with E-state index in [1.54, 1.807) is 18.4 Å². The molecule has 0 saturated carbocycles. The van der Waals surface area contributed by atoms with Crippen molar-refractivity contribution in [2.75, 3.05) is 30.0 Å². The van der Waals surface area contributed by atoms with Gasteiger partial charge in [-0.05, 0) is 28.8 Å². The van der Waals surface area contributed by atoms with Crippen LogP contribution < -0.4 is 16.4 Å². The molecule has 0 spiro atoms.